The van der Waals surface area contributed by atoms with Crippen LogP contribution in [0.5, 0.6) is 17.2 Å². The zero-order valence-corrected chi connectivity index (χ0v) is 23.5. The van der Waals surface area contributed by atoms with E-state index in [1.54, 1.807) is 55.5 Å². The molecular formula is C32H25ClN2O5S. The number of thiophene rings is 1. The largest absolute Gasteiger partial charge is 0.489 e. The third-order valence-electron chi connectivity index (χ3n) is 5.95. The average molecular weight is 585 g/mol. The van der Waals surface area contributed by atoms with Crippen molar-refractivity contribution >= 4 is 51.1 Å². The lowest BCUT2D eigenvalue weighted by Gasteiger charge is -2.13. The fourth-order valence-electron chi connectivity index (χ4n) is 3.79. The summed E-state index contributed by atoms with van der Waals surface area (Å²) in [6.45, 7) is 2.10. The number of rotatable bonds is 10. The third kappa shape index (κ3) is 7.30. The number of hydrazone groups is 1. The van der Waals surface area contributed by atoms with E-state index in [9.17, 15) is 9.59 Å². The molecule has 0 aliphatic rings. The summed E-state index contributed by atoms with van der Waals surface area (Å²) in [5.41, 5.74) is 4.24. The summed E-state index contributed by atoms with van der Waals surface area (Å²) in [6.07, 6.45) is 0.712. The number of nitrogens with one attached hydrogen (secondary N) is 1. The molecule has 0 saturated heterocycles. The quantitative estimate of drug-likeness (QED) is 0.0807. The Hall–Kier alpha value is -4.66. The van der Waals surface area contributed by atoms with E-state index in [0.717, 1.165) is 15.6 Å². The molecule has 0 saturated carbocycles. The summed E-state index contributed by atoms with van der Waals surface area (Å²) in [4.78, 5) is 25.4. The van der Waals surface area contributed by atoms with Crippen molar-refractivity contribution in [1.29, 1.82) is 0 Å². The summed E-state index contributed by atoms with van der Waals surface area (Å²) in [6, 6.07) is 31.2. The number of hydrogen-bond donors (Lipinski definition) is 1. The van der Waals surface area contributed by atoms with E-state index in [2.05, 4.69) is 10.5 Å². The highest BCUT2D eigenvalue weighted by Gasteiger charge is 2.19. The van der Waals surface area contributed by atoms with Crippen molar-refractivity contribution < 1.29 is 23.8 Å². The van der Waals surface area contributed by atoms with Crippen molar-refractivity contribution in [1.82, 2.24) is 5.43 Å². The second kappa shape index (κ2) is 13.1. The number of carbonyl (C=O) groups excluding carboxylic acids is 2. The van der Waals surface area contributed by atoms with Gasteiger partial charge in [-0.2, -0.15) is 5.10 Å². The normalized spacial score (nSPS) is 11.8. The maximum absolute atomic E-state index is 12.6. The van der Waals surface area contributed by atoms with Gasteiger partial charge in [-0.25, -0.2) is 10.2 Å². The van der Waals surface area contributed by atoms with E-state index in [-0.39, 0.29) is 0 Å². The number of nitrogens with zero attached hydrogens (tertiary/aromatic N) is 1. The van der Waals surface area contributed by atoms with Crippen molar-refractivity contribution in [3.63, 3.8) is 0 Å². The van der Waals surface area contributed by atoms with Crippen LogP contribution in [0.15, 0.2) is 108 Å². The maximum atomic E-state index is 12.6. The van der Waals surface area contributed by atoms with Crippen LogP contribution in [-0.4, -0.2) is 24.2 Å². The van der Waals surface area contributed by atoms with Crippen LogP contribution in [-0.2, 0) is 11.4 Å². The smallest absolute Gasteiger partial charge is 0.355 e. The lowest BCUT2D eigenvalue weighted by atomic mass is 10.2. The topological polar surface area (TPSA) is 86.2 Å². The molecule has 41 heavy (non-hydrogen) atoms. The Morgan fingerprint density at radius 2 is 1.54 bits per heavy atom. The van der Waals surface area contributed by atoms with Gasteiger partial charge in [-0.15, -0.1) is 11.3 Å². The first-order chi connectivity index (χ1) is 20.0. The van der Waals surface area contributed by atoms with Gasteiger partial charge in [0.05, 0.1) is 11.2 Å². The summed E-state index contributed by atoms with van der Waals surface area (Å²) in [5, 5.41) is 5.21. The molecular weight excluding hydrogens is 560 g/mol. The third-order valence-corrected chi connectivity index (χ3v) is 7.61. The number of benzene rings is 4. The van der Waals surface area contributed by atoms with Gasteiger partial charge in [-0.05, 0) is 72.6 Å². The van der Waals surface area contributed by atoms with Crippen molar-refractivity contribution in [2.24, 2.45) is 5.10 Å². The molecule has 4 aromatic carbocycles. The van der Waals surface area contributed by atoms with Gasteiger partial charge in [0, 0.05) is 10.1 Å². The summed E-state index contributed by atoms with van der Waals surface area (Å²) < 4.78 is 17.9. The molecule has 0 fully saturated rings. The predicted molar refractivity (Wildman–Crippen MR) is 161 cm³/mol. The lowest BCUT2D eigenvalue weighted by molar-refractivity contribution is -0.127. The minimum absolute atomic E-state index is 0.352. The molecule has 1 aromatic heterocycles. The SMILES string of the molecule is C[C@@H](Oc1ccc(OCc2ccccc2)cc1)C(=O)N/N=C\c1ccc(OC(=O)c2sc3ccccc3c2Cl)cc1. The van der Waals surface area contributed by atoms with Gasteiger partial charge in [0.1, 0.15) is 28.7 Å². The molecule has 0 unspecified atom stereocenters. The summed E-state index contributed by atoms with van der Waals surface area (Å²) >= 11 is 7.66. The predicted octanol–water partition coefficient (Wildman–Crippen LogP) is 7.27. The van der Waals surface area contributed by atoms with E-state index >= 15 is 0 Å². The Morgan fingerprint density at radius 1 is 0.878 bits per heavy atom. The van der Waals surface area contributed by atoms with Crippen LogP contribution in [0, 0.1) is 0 Å². The molecule has 0 radical (unpaired) electrons. The Labute approximate surface area is 245 Å². The number of hydrogen-bond acceptors (Lipinski definition) is 7. The van der Waals surface area contributed by atoms with Crippen LogP contribution in [0.4, 0.5) is 0 Å². The van der Waals surface area contributed by atoms with Crippen LogP contribution in [0.2, 0.25) is 5.02 Å². The number of esters is 1. The number of halogens is 1. The maximum Gasteiger partial charge on any atom is 0.355 e. The van der Waals surface area contributed by atoms with Gasteiger partial charge in [-0.3, -0.25) is 4.79 Å². The lowest BCUT2D eigenvalue weighted by Crippen LogP contribution is -2.33. The molecule has 0 spiro atoms. The van der Waals surface area contributed by atoms with Gasteiger partial charge in [0.2, 0.25) is 0 Å². The molecule has 0 bridgehead atoms. The molecule has 5 rings (SSSR count). The Bertz CT molecular complexity index is 1670. The fraction of sp³-hybridized carbons (Fsp3) is 0.0938. The van der Waals surface area contributed by atoms with E-state index < -0.39 is 18.0 Å². The zero-order chi connectivity index (χ0) is 28.6. The summed E-state index contributed by atoms with van der Waals surface area (Å²) in [7, 11) is 0. The second-order valence-corrected chi connectivity index (χ2v) is 10.4. The average Bonchev–Trinajstić information content (AvgIpc) is 3.34. The van der Waals surface area contributed by atoms with E-state index in [1.165, 1.54) is 17.6 Å². The minimum atomic E-state index is -0.772. The highest BCUT2D eigenvalue weighted by atomic mass is 35.5. The van der Waals surface area contributed by atoms with Crippen LogP contribution in [0.1, 0.15) is 27.7 Å². The Balaban J connectivity index is 1.08. The van der Waals surface area contributed by atoms with Gasteiger partial charge in [-0.1, -0.05) is 60.1 Å². The number of fused-ring (bicyclic) bond motifs is 1. The number of ether oxygens (including phenoxy) is 3. The van der Waals surface area contributed by atoms with Crippen molar-refractivity contribution in [3.8, 4) is 17.2 Å². The van der Waals surface area contributed by atoms with E-state index in [1.807, 2.05) is 54.6 Å². The highest BCUT2D eigenvalue weighted by Crippen LogP contribution is 2.35. The molecule has 1 N–H and O–H groups in total. The monoisotopic (exact) mass is 584 g/mol. The van der Waals surface area contributed by atoms with E-state index in [4.69, 9.17) is 25.8 Å². The van der Waals surface area contributed by atoms with Crippen molar-refractivity contribution in [2.75, 3.05) is 0 Å². The molecule has 9 heteroatoms. The van der Waals surface area contributed by atoms with Crippen LogP contribution in [0.25, 0.3) is 10.1 Å². The Kier molecular flexibility index (Phi) is 8.93. The molecule has 0 aliphatic carbocycles. The number of amides is 1. The molecule has 1 atom stereocenters. The molecule has 5 aromatic rings. The van der Waals surface area contributed by atoms with Gasteiger partial charge < -0.3 is 14.2 Å². The van der Waals surface area contributed by atoms with Crippen molar-refractivity contribution in [2.45, 2.75) is 19.6 Å². The van der Waals surface area contributed by atoms with Crippen LogP contribution >= 0.6 is 22.9 Å². The number of carbonyl (C=O) groups is 2. The van der Waals surface area contributed by atoms with Crippen molar-refractivity contribution in [3.05, 3.63) is 124 Å². The fourth-order valence-corrected chi connectivity index (χ4v) is 5.18. The minimum Gasteiger partial charge on any atom is -0.489 e. The molecule has 7 nitrogen and oxygen atoms in total. The van der Waals surface area contributed by atoms with Gasteiger partial charge in [0.25, 0.3) is 5.91 Å². The van der Waals surface area contributed by atoms with Crippen LogP contribution in [0.3, 0.4) is 0 Å². The summed E-state index contributed by atoms with van der Waals surface area (Å²) in [5.74, 6) is 0.672. The highest BCUT2D eigenvalue weighted by molar-refractivity contribution is 7.21. The van der Waals surface area contributed by atoms with Crippen LogP contribution < -0.4 is 19.6 Å². The molecule has 206 valence electrons. The van der Waals surface area contributed by atoms with E-state index in [0.29, 0.717) is 39.3 Å². The standard InChI is InChI=1S/C32H25ClN2O5S/c1-21(39-25-17-15-24(16-18-25)38-20-23-7-3-2-4-8-23)31(36)35-34-19-22-11-13-26(14-12-22)40-32(37)30-29(33)27-9-5-6-10-28(27)41-30/h2-19,21H,20H2,1H3,(H,35,36)/b34-19-/t21-/m1/s1. The van der Waals surface area contributed by atoms with Gasteiger partial charge >= 0.3 is 5.97 Å². The molecule has 1 heterocycles. The first kappa shape index (κ1) is 27.9. The zero-order valence-electron chi connectivity index (χ0n) is 22.0. The van der Waals surface area contributed by atoms with Gasteiger partial charge in [0.15, 0.2) is 6.10 Å². The Morgan fingerprint density at radius 3 is 2.27 bits per heavy atom. The molecule has 1 amide bonds. The first-order valence-electron chi connectivity index (χ1n) is 12.7. The molecule has 0 aliphatic heterocycles. The second-order valence-electron chi connectivity index (χ2n) is 8.94. The first-order valence-corrected chi connectivity index (χ1v) is 13.9.